The molecule has 0 heterocycles. The van der Waals surface area contributed by atoms with Crippen LogP contribution in [0.25, 0.3) is 0 Å². The van der Waals surface area contributed by atoms with Crippen molar-refractivity contribution in [1.29, 1.82) is 0 Å². The summed E-state index contributed by atoms with van der Waals surface area (Å²) in [5.41, 5.74) is 0. The average molecular weight is 230 g/mol. The van der Waals surface area contributed by atoms with Crippen molar-refractivity contribution < 1.29 is 29.7 Å². The number of carbonyl (C=O) groups is 3. The summed E-state index contributed by atoms with van der Waals surface area (Å²) < 4.78 is 0. The van der Waals surface area contributed by atoms with Gasteiger partial charge >= 0.3 is 17.9 Å². The van der Waals surface area contributed by atoms with Gasteiger partial charge in [0.1, 0.15) is 0 Å². The Morgan fingerprint density at radius 3 is 1.12 bits per heavy atom. The van der Waals surface area contributed by atoms with Crippen molar-refractivity contribution in [2.75, 3.05) is 0 Å². The largest absolute Gasteiger partial charge is 0.481 e. The Morgan fingerprint density at radius 1 is 0.875 bits per heavy atom. The van der Waals surface area contributed by atoms with Gasteiger partial charge in [0.2, 0.25) is 0 Å². The third-order valence-corrected chi connectivity index (χ3v) is 0.668. The fourth-order valence-corrected chi connectivity index (χ4v) is 0.123. The fraction of sp³-hybridized carbons (Fsp3) is 0.100. The first kappa shape index (κ1) is 19.2. The van der Waals surface area contributed by atoms with Gasteiger partial charge in [0.25, 0.3) is 0 Å². The quantitative estimate of drug-likeness (QED) is 0.493. The molecule has 3 N–H and O–H groups in total. The molecule has 6 heteroatoms. The van der Waals surface area contributed by atoms with E-state index in [0.717, 1.165) is 12.2 Å². The number of hydrogen-bond donors (Lipinski definition) is 3. The number of carboxylic acid groups (broad SMARTS) is 3. The maximum Gasteiger partial charge on any atom is 0.327 e. The molecule has 0 aromatic rings. The summed E-state index contributed by atoms with van der Waals surface area (Å²) in [6.07, 6.45) is 3.07. The third-order valence-electron chi connectivity index (χ3n) is 0.668. The van der Waals surface area contributed by atoms with Crippen molar-refractivity contribution in [2.24, 2.45) is 0 Å². The van der Waals surface area contributed by atoms with Gasteiger partial charge in [-0.05, 0) is 0 Å². The molecule has 90 valence electrons. The van der Waals surface area contributed by atoms with Gasteiger partial charge < -0.3 is 15.3 Å². The zero-order valence-electron chi connectivity index (χ0n) is 8.63. The van der Waals surface area contributed by atoms with Gasteiger partial charge in [-0.2, -0.15) is 0 Å². The number of rotatable bonds is 4. The molecule has 0 saturated carbocycles. The first-order chi connectivity index (χ1) is 7.31. The molecule has 0 aliphatic carbocycles. The summed E-state index contributed by atoms with van der Waals surface area (Å²) in [6.45, 7) is 9.14. The van der Waals surface area contributed by atoms with E-state index < -0.39 is 17.9 Å². The van der Waals surface area contributed by atoms with Crippen LogP contribution < -0.4 is 0 Å². The van der Waals surface area contributed by atoms with Gasteiger partial charge in [-0.1, -0.05) is 19.2 Å². The van der Waals surface area contributed by atoms with E-state index >= 15 is 0 Å². The summed E-state index contributed by atoms with van der Waals surface area (Å²) in [7, 11) is 0. The molecule has 0 radical (unpaired) electrons. The van der Waals surface area contributed by atoms with Crippen LogP contribution in [0.4, 0.5) is 0 Å². The van der Waals surface area contributed by atoms with E-state index in [-0.39, 0.29) is 6.42 Å². The minimum Gasteiger partial charge on any atom is -0.481 e. The molecule has 0 bridgehead atoms. The molecule has 0 aliphatic heterocycles. The Kier molecular flexibility index (Phi) is 18.2. The molecule has 0 aromatic carbocycles. The Bertz CT molecular complexity index is 248. The molecular formula is C10H14O6. The summed E-state index contributed by atoms with van der Waals surface area (Å²) >= 11 is 0. The molecule has 0 aromatic heterocycles. The number of aliphatic carboxylic acids is 3. The summed E-state index contributed by atoms with van der Waals surface area (Å²) in [5.74, 6) is -2.79. The van der Waals surface area contributed by atoms with E-state index in [0.29, 0.717) is 0 Å². The van der Waals surface area contributed by atoms with Gasteiger partial charge in [-0.3, -0.25) is 4.79 Å². The first-order valence-electron chi connectivity index (χ1n) is 3.85. The average Bonchev–Trinajstić information content (AvgIpc) is 2.19. The second-order valence-electron chi connectivity index (χ2n) is 1.97. The molecule has 0 unspecified atom stereocenters. The third kappa shape index (κ3) is 61.3. The molecule has 0 fully saturated rings. The zero-order chi connectivity index (χ0) is 13.6. The molecular weight excluding hydrogens is 216 g/mol. The van der Waals surface area contributed by atoms with E-state index in [9.17, 15) is 14.4 Å². The lowest BCUT2D eigenvalue weighted by Gasteiger charge is -1.75. The lowest BCUT2D eigenvalue weighted by Crippen LogP contribution is -1.88. The minimum atomic E-state index is -0.981. The molecule has 6 nitrogen and oxygen atoms in total. The Morgan fingerprint density at radius 2 is 1.12 bits per heavy atom. The normalized spacial score (nSPS) is 6.75. The Balaban J connectivity index is -0.000000160. The van der Waals surface area contributed by atoms with Crippen molar-refractivity contribution >= 4 is 17.9 Å². The van der Waals surface area contributed by atoms with Gasteiger partial charge in [0.05, 0.1) is 6.42 Å². The summed E-state index contributed by atoms with van der Waals surface area (Å²) in [5, 5.41) is 23.1. The standard InChI is InChI=1S/C4H6O2.2C3H4O2/c1-2-3-4(5)6;2*1-2-3(4)5/h2H,1,3H2,(H,5,6);2*2H,1H2,(H,4,5). The van der Waals surface area contributed by atoms with Crippen molar-refractivity contribution in [2.45, 2.75) is 6.42 Å². The van der Waals surface area contributed by atoms with Crippen LogP contribution in [0.5, 0.6) is 0 Å². The highest BCUT2D eigenvalue weighted by Gasteiger charge is 1.84. The lowest BCUT2D eigenvalue weighted by molar-refractivity contribution is -0.136. The van der Waals surface area contributed by atoms with Crippen molar-refractivity contribution in [3.63, 3.8) is 0 Å². The van der Waals surface area contributed by atoms with Gasteiger partial charge in [0.15, 0.2) is 0 Å². The van der Waals surface area contributed by atoms with Crippen LogP contribution in [0.1, 0.15) is 6.42 Å². The Hall–Kier alpha value is -2.37. The van der Waals surface area contributed by atoms with Crippen molar-refractivity contribution in [3.05, 3.63) is 38.0 Å². The first-order valence-corrected chi connectivity index (χ1v) is 3.85. The monoisotopic (exact) mass is 230 g/mol. The fourth-order valence-electron chi connectivity index (χ4n) is 0.123. The highest BCUT2D eigenvalue weighted by molar-refractivity contribution is 5.79. The summed E-state index contributed by atoms with van der Waals surface area (Å²) in [6, 6.07) is 0. The number of carboxylic acids is 3. The SMILES string of the molecule is C=CC(=O)O.C=CC(=O)O.C=CCC(=O)O. The molecule has 16 heavy (non-hydrogen) atoms. The molecule has 0 aliphatic rings. The maximum absolute atomic E-state index is 9.53. The lowest BCUT2D eigenvalue weighted by atomic mass is 10.4. The maximum atomic E-state index is 9.53. The van der Waals surface area contributed by atoms with Gasteiger partial charge in [0, 0.05) is 12.2 Å². The van der Waals surface area contributed by atoms with Crippen LogP contribution in [0.2, 0.25) is 0 Å². The predicted octanol–water partition coefficient (Wildman–Crippen LogP) is 1.16. The molecule has 0 rings (SSSR count). The topological polar surface area (TPSA) is 112 Å². The Labute approximate surface area is 92.8 Å². The van der Waals surface area contributed by atoms with E-state index in [4.69, 9.17) is 15.3 Å². The highest BCUT2D eigenvalue weighted by atomic mass is 16.4. The smallest absolute Gasteiger partial charge is 0.327 e. The molecule has 0 atom stereocenters. The molecule has 0 spiro atoms. The summed E-state index contributed by atoms with van der Waals surface area (Å²) in [4.78, 5) is 28.0. The van der Waals surface area contributed by atoms with Crippen LogP contribution >= 0.6 is 0 Å². The second-order valence-corrected chi connectivity index (χ2v) is 1.97. The van der Waals surface area contributed by atoms with Crippen LogP contribution in [-0.4, -0.2) is 33.2 Å². The van der Waals surface area contributed by atoms with Crippen molar-refractivity contribution in [3.8, 4) is 0 Å². The zero-order valence-corrected chi connectivity index (χ0v) is 8.63. The second kappa shape index (κ2) is 15.1. The van der Waals surface area contributed by atoms with Crippen molar-refractivity contribution in [1.82, 2.24) is 0 Å². The van der Waals surface area contributed by atoms with E-state index in [2.05, 4.69) is 19.7 Å². The van der Waals surface area contributed by atoms with Crippen LogP contribution in [0.3, 0.4) is 0 Å². The van der Waals surface area contributed by atoms with Gasteiger partial charge in [-0.25, -0.2) is 9.59 Å². The van der Waals surface area contributed by atoms with Crippen LogP contribution in [-0.2, 0) is 14.4 Å². The van der Waals surface area contributed by atoms with E-state index in [1.54, 1.807) is 0 Å². The highest BCUT2D eigenvalue weighted by Crippen LogP contribution is 1.74. The number of hydrogen-bond acceptors (Lipinski definition) is 3. The molecule has 0 amide bonds. The van der Waals surface area contributed by atoms with Crippen LogP contribution in [0.15, 0.2) is 38.0 Å². The predicted molar refractivity (Wildman–Crippen MR) is 58.1 cm³/mol. The van der Waals surface area contributed by atoms with E-state index in [1.165, 1.54) is 6.08 Å². The molecule has 0 saturated heterocycles. The van der Waals surface area contributed by atoms with Gasteiger partial charge in [-0.15, -0.1) is 6.58 Å². The van der Waals surface area contributed by atoms with E-state index in [1.807, 2.05) is 0 Å². The minimum absolute atomic E-state index is 0.0556. The van der Waals surface area contributed by atoms with Crippen LogP contribution in [0, 0.1) is 0 Å².